The fourth-order valence-electron chi connectivity index (χ4n) is 7.90. The summed E-state index contributed by atoms with van der Waals surface area (Å²) in [6, 6.07) is 42.4. The summed E-state index contributed by atoms with van der Waals surface area (Å²) in [5.41, 5.74) is 5.70. The summed E-state index contributed by atoms with van der Waals surface area (Å²) in [4.78, 5) is 102. The third-order valence-corrected chi connectivity index (χ3v) is 15.3. The van der Waals surface area contributed by atoms with Crippen LogP contribution in [0.2, 0.25) is 0 Å². The average Bonchev–Trinajstić information content (AvgIpc) is 4.17. The molecule has 0 atom stereocenters. The van der Waals surface area contributed by atoms with Crippen LogP contribution >= 0.6 is 67.6 Å². The number of halogens is 2. The molecule has 418 valence electrons. The van der Waals surface area contributed by atoms with E-state index in [0.29, 0.717) is 60.9 Å². The van der Waals surface area contributed by atoms with E-state index < -0.39 is 29.7 Å². The number of para-hydroxylation sites is 1. The van der Waals surface area contributed by atoms with Crippen molar-refractivity contribution in [3.63, 3.8) is 0 Å². The van der Waals surface area contributed by atoms with Crippen molar-refractivity contribution in [3.05, 3.63) is 215 Å². The van der Waals surface area contributed by atoms with E-state index in [1.54, 1.807) is 109 Å². The van der Waals surface area contributed by atoms with Gasteiger partial charge in [-0.1, -0.05) is 146 Å². The number of imide groups is 1. The van der Waals surface area contributed by atoms with E-state index in [-0.39, 0.29) is 58.3 Å². The average molecular weight is 1290 g/mol. The first-order valence-electron chi connectivity index (χ1n) is 24.6. The van der Waals surface area contributed by atoms with E-state index >= 15 is 0 Å². The molecule has 0 aliphatic carbocycles. The number of Topliss-reactive ketones (excluding diaryl/α,β-unsaturated/α-hetero) is 2. The van der Waals surface area contributed by atoms with Crippen LogP contribution in [0, 0.1) is 6.92 Å². The zero-order chi connectivity index (χ0) is 59.2. The number of amides is 4. The van der Waals surface area contributed by atoms with Crippen LogP contribution in [0.25, 0.3) is 18.2 Å². The summed E-state index contributed by atoms with van der Waals surface area (Å²) >= 11 is 14.1. The number of thioether (sulfide) groups is 2. The van der Waals surface area contributed by atoms with E-state index in [2.05, 4.69) is 31.9 Å². The Balaban J connectivity index is 0.000000177. The van der Waals surface area contributed by atoms with Gasteiger partial charge in [-0.3, -0.25) is 43.5 Å². The number of aromatic hydroxyl groups is 1. The van der Waals surface area contributed by atoms with Crippen molar-refractivity contribution in [1.29, 1.82) is 0 Å². The number of anilines is 1. The van der Waals surface area contributed by atoms with Crippen molar-refractivity contribution in [3.8, 4) is 17.2 Å². The number of esters is 1. The molecule has 6 aromatic rings. The number of aryl methyl sites for hydroxylation is 1. The second-order valence-electron chi connectivity index (χ2n) is 17.9. The first-order valence-corrected chi connectivity index (χ1v) is 28.2. The minimum atomic E-state index is -1.07. The van der Waals surface area contributed by atoms with Crippen LogP contribution in [0.5, 0.6) is 17.2 Å². The number of aliphatic carboxylic acids is 1. The van der Waals surface area contributed by atoms with Crippen LogP contribution in [0.15, 0.2) is 181 Å². The molecule has 0 aromatic heterocycles. The number of methoxy groups -OCH3 is 1. The summed E-state index contributed by atoms with van der Waals surface area (Å²) in [7, 11) is 1.27. The number of phenolic OH excluding ortho intramolecular Hbond substituents is 1. The van der Waals surface area contributed by atoms with Gasteiger partial charge in [0.05, 0.1) is 41.2 Å². The highest BCUT2D eigenvalue weighted by molar-refractivity contribution is 9.10. The molecule has 3 aliphatic rings. The van der Waals surface area contributed by atoms with Crippen molar-refractivity contribution >= 4 is 142 Å². The smallest absolute Gasteiger partial charge is 0.341 e. The van der Waals surface area contributed by atoms with E-state index in [4.69, 9.17) is 31.5 Å². The number of carbonyl (C=O) groups is 8. The van der Waals surface area contributed by atoms with E-state index in [1.807, 2.05) is 61.5 Å². The van der Waals surface area contributed by atoms with Gasteiger partial charge >= 0.3 is 11.9 Å². The Kier molecular flexibility index (Phi) is 21.3. The van der Waals surface area contributed by atoms with Gasteiger partial charge in [-0.15, -0.1) is 0 Å². The van der Waals surface area contributed by atoms with Gasteiger partial charge in [-0.05, 0) is 123 Å². The van der Waals surface area contributed by atoms with Crippen molar-refractivity contribution in [2.45, 2.75) is 27.3 Å². The Morgan fingerprint density at radius 3 is 1.95 bits per heavy atom. The van der Waals surface area contributed by atoms with Gasteiger partial charge in [0.2, 0.25) is 0 Å². The van der Waals surface area contributed by atoms with Crippen molar-refractivity contribution in [2.24, 2.45) is 0 Å². The summed E-state index contributed by atoms with van der Waals surface area (Å²) in [5, 5.41) is 18.4. The molecular weight excluding hydrogens is 1240 g/mol. The summed E-state index contributed by atoms with van der Waals surface area (Å²) in [5.74, 6) is -2.12. The van der Waals surface area contributed by atoms with Crippen LogP contribution in [0.1, 0.15) is 52.0 Å². The molecule has 21 heteroatoms. The molecule has 3 heterocycles. The first-order chi connectivity index (χ1) is 39.2. The lowest BCUT2D eigenvalue weighted by Crippen LogP contribution is -2.33. The molecule has 0 saturated carbocycles. The molecule has 82 heavy (non-hydrogen) atoms. The molecule has 0 radical (unpaired) electrons. The lowest BCUT2D eigenvalue weighted by Gasteiger charge is -2.18. The van der Waals surface area contributed by atoms with Crippen LogP contribution in [0.3, 0.4) is 0 Å². The number of nitrogens with zero attached hydrogens (tertiary/aromatic N) is 3. The second-order valence-corrected chi connectivity index (χ2v) is 22.4. The molecule has 0 bridgehead atoms. The molecule has 6 aromatic carbocycles. The second kappa shape index (κ2) is 28.5. The molecule has 2 fully saturated rings. The quantitative estimate of drug-likeness (QED) is 0.0399. The number of carboxylic acids is 1. The number of hydrogen-bond acceptors (Lipinski definition) is 15. The number of benzene rings is 6. The molecule has 2 saturated heterocycles. The van der Waals surface area contributed by atoms with E-state index in [9.17, 15) is 43.5 Å². The largest absolute Gasteiger partial charge is 0.507 e. The zero-order valence-corrected chi connectivity index (χ0v) is 49.7. The van der Waals surface area contributed by atoms with E-state index in [1.165, 1.54) is 42.8 Å². The van der Waals surface area contributed by atoms with Gasteiger partial charge in [0.15, 0.2) is 18.2 Å². The number of hydrogen-bond donors (Lipinski definition) is 2. The maximum absolute atomic E-state index is 13.1. The Bertz CT molecular complexity index is 3620. The molecule has 2 N–H and O–H groups in total. The van der Waals surface area contributed by atoms with Gasteiger partial charge in [0.1, 0.15) is 28.2 Å². The lowest BCUT2D eigenvalue weighted by molar-refractivity contribution is -0.139. The monoisotopic (exact) mass is 1290 g/mol. The number of carbonyl (C=O) groups excluding carboxylic acids is 7. The SMILES string of the molecule is CC(=O)COc1ccc(/C=C2\SC(=O)N(CC(=O)c3ccc(C)cc3)C2=O)cc1.COC(=O)C1=C(C)N(c2ccc(Br)cc2)C(=O)/C1=C\c1ccccc1O.O=C(O)COc1ccc(Br)cc1/C=C1\SC(=S)N(Cc2ccccc2)C1=O. The minimum absolute atomic E-state index is 0.00670. The Morgan fingerprint density at radius 1 is 0.671 bits per heavy atom. The molecular formula is C61H49Br2N3O13S3. The Morgan fingerprint density at radius 2 is 1.30 bits per heavy atom. The normalized spacial score (nSPS) is 15.4. The minimum Gasteiger partial charge on any atom is -0.507 e. The number of allylic oxidation sites excluding steroid dienone is 1. The lowest BCUT2D eigenvalue weighted by atomic mass is 10.0. The van der Waals surface area contributed by atoms with Crippen LogP contribution < -0.4 is 14.4 Å². The van der Waals surface area contributed by atoms with E-state index in [0.717, 1.165) is 36.7 Å². The van der Waals surface area contributed by atoms with Gasteiger partial charge in [0.25, 0.3) is 23.0 Å². The highest BCUT2D eigenvalue weighted by Gasteiger charge is 2.39. The van der Waals surface area contributed by atoms with Gasteiger partial charge in [0, 0.05) is 37.0 Å². The number of thiocarbonyl (C=S) groups is 1. The Hall–Kier alpha value is -8.21. The number of ether oxygens (including phenoxy) is 3. The highest BCUT2D eigenvalue weighted by atomic mass is 79.9. The molecule has 4 amide bonds. The topological polar surface area (TPSA) is 214 Å². The molecule has 0 spiro atoms. The van der Waals surface area contributed by atoms with Gasteiger partial charge < -0.3 is 24.4 Å². The van der Waals surface area contributed by atoms with Crippen LogP contribution in [-0.2, 0) is 40.0 Å². The summed E-state index contributed by atoms with van der Waals surface area (Å²) in [6.45, 7) is 4.70. The maximum Gasteiger partial charge on any atom is 0.341 e. The third-order valence-electron chi connectivity index (χ3n) is 11.9. The molecule has 9 rings (SSSR count). The van der Waals surface area contributed by atoms with Gasteiger partial charge in [-0.25, -0.2) is 9.59 Å². The van der Waals surface area contributed by atoms with Crippen molar-refractivity contribution in [1.82, 2.24) is 9.80 Å². The fourth-order valence-corrected chi connectivity index (χ4v) is 10.6. The van der Waals surface area contributed by atoms with Crippen LogP contribution in [-0.4, -0.2) is 97.7 Å². The first kappa shape index (κ1) is 61.4. The maximum atomic E-state index is 13.1. The van der Waals surface area contributed by atoms with Crippen molar-refractivity contribution in [2.75, 3.05) is 31.8 Å². The highest BCUT2D eigenvalue weighted by Crippen LogP contribution is 2.39. The number of ketones is 2. The Labute approximate surface area is 502 Å². The predicted octanol–water partition coefficient (Wildman–Crippen LogP) is 12.2. The number of phenols is 1. The van der Waals surface area contributed by atoms with Gasteiger partial charge in [-0.2, -0.15) is 0 Å². The molecule has 3 aliphatic heterocycles. The van der Waals surface area contributed by atoms with Crippen molar-refractivity contribution < 1.29 is 62.8 Å². The summed E-state index contributed by atoms with van der Waals surface area (Å²) in [6.07, 6.45) is 4.77. The molecule has 16 nitrogen and oxygen atoms in total. The number of rotatable bonds is 16. The fraction of sp³-hybridized carbons (Fsp3) is 0.131. The standard InChI is InChI=1S/C22H19NO5S.C20H16BrNO4.C19H14BrNO4S2/c1-14-3-7-17(8-4-14)19(25)12-23-21(26)20(29-22(23)27)11-16-5-9-18(10-6-16)28-13-15(2)24;1-12-18(20(25)26-2)16(11-13-5-3-4-6-17(13)23)19(24)22(12)15-9-7-14(21)8-10-15;20-14-6-7-15(25-11-17(22)23)13(8-14)9-16-18(24)21(19(26)27-16)10-12-4-2-1-3-5-12/h3-11H,12-13H2,1-2H3;3-11,23H,1-2H3;1-9H,10-11H2,(H,22,23)/b20-11-;16-11-;16-9-. The number of carboxylic acid groups (broad SMARTS) is 1. The molecule has 0 unspecified atom stereocenters. The predicted molar refractivity (Wildman–Crippen MR) is 326 cm³/mol. The van der Waals surface area contributed by atoms with Crippen LogP contribution in [0.4, 0.5) is 10.5 Å². The third kappa shape index (κ3) is 16.0. The summed E-state index contributed by atoms with van der Waals surface area (Å²) < 4.78 is 17.6. The zero-order valence-electron chi connectivity index (χ0n) is 44.1.